The van der Waals surface area contributed by atoms with Gasteiger partial charge in [0.2, 0.25) is 0 Å². The van der Waals surface area contributed by atoms with E-state index in [2.05, 4.69) is 64.8 Å². The molecule has 3 aliphatic rings. The Morgan fingerprint density at radius 2 is 1.74 bits per heavy atom. The van der Waals surface area contributed by atoms with Crippen molar-refractivity contribution in [2.45, 2.75) is 69.6 Å². The number of anilines is 1. The predicted octanol–water partition coefficient (Wildman–Crippen LogP) is 6.82. The molecule has 0 radical (unpaired) electrons. The zero-order valence-electron chi connectivity index (χ0n) is 29.9. The molecule has 0 unspecified atom stereocenters. The highest BCUT2D eigenvalue weighted by Gasteiger charge is 2.40. The quantitative estimate of drug-likeness (QED) is 0.129. The van der Waals surface area contributed by atoms with E-state index in [1.54, 1.807) is 0 Å². The van der Waals surface area contributed by atoms with Crippen LogP contribution in [0.5, 0.6) is 0 Å². The number of carboxylic acid groups (broad SMARTS) is 1. The zero-order valence-corrected chi connectivity index (χ0v) is 29.9. The van der Waals surface area contributed by atoms with Gasteiger partial charge in [-0.3, -0.25) is 19.5 Å². The smallest absolute Gasteiger partial charge is 0.309 e. The number of hydrogen-bond donors (Lipinski definition) is 4. The number of amides is 1. The number of piperidine rings is 1. The van der Waals surface area contributed by atoms with Crippen LogP contribution in [-0.2, 0) is 11.2 Å². The van der Waals surface area contributed by atoms with Crippen LogP contribution in [0, 0.1) is 17.6 Å². The molecule has 5 aromatic rings. The predicted molar refractivity (Wildman–Crippen MR) is 200 cm³/mol. The highest BCUT2D eigenvalue weighted by molar-refractivity contribution is 5.93. The lowest BCUT2D eigenvalue weighted by molar-refractivity contribution is -0.145. The Labute approximate surface area is 312 Å². The Morgan fingerprint density at radius 3 is 2.50 bits per heavy atom. The van der Waals surface area contributed by atoms with Crippen LogP contribution in [0.3, 0.4) is 0 Å². The number of halogens is 2. The molecule has 3 heterocycles. The van der Waals surface area contributed by atoms with Crippen LogP contribution in [-0.4, -0.2) is 68.4 Å². The molecule has 2 fully saturated rings. The number of aromatic nitrogens is 2. The first-order valence-electron chi connectivity index (χ1n) is 18.4. The monoisotopic (exact) mass is 735 g/mol. The molecule has 0 bridgehead atoms. The van der Waals surface area contributed by atoms with Gasteiger partial charge in [0.15, 0.2) is 11.5 Å². The molecule has 0 spiro atoms. The number of rotatable bonds is 7. The van der Waals surface area contributed by atoms with Crippen LogP contribution in [0.4, 0.5) is 14.5 Å². The first-order valence-corrected chi connectivity index (χ1v) is 18.4. The number of aliphatic hydroxyl groups is 1. The standard InChI is InChI=1S/C22H25F2N3O5.C20H18N2/c23-12-5-6-13(15(24)9-12)20-10-17(26-32-20)21(29)25-16-7-8-27(11-14(16)22(30)31)18-3-1-2-4-19(18)28;1-13(19-8-4-5-11-22-19)15-9-10-17-16-7-3-2-6-14(16)12-18(17)20(15)21/h5-6,9-10,14,16,18-19,28H,1-4,7-8,11H2,(H,25,29)(H,30,31);2-11,13H,12,21H2,1H3/t14-,16-,18+,19-;13-/m00/s1. The lowest BCUT2D eigenvalue weighted by atomic mass is 9.86. The summed E-state index contributed by atoms with van der Waals surface area (Å²) in [6.07, 6.45) is 6.21. The average Bonchev–Trinajstić information content (AvgIpc) is 3.82. The van der Waals surface area contributed by atoms with Crippen molar-refractivity contribution >= 4 is 17.6 Å². The van der Waals surface area contributed by atoms with Crippen molar-refractivity contribution in [3.63, 3.8) is 0 Å². The van der Waals surface area contributed by atoms with Crippen molar-refractivity contribution in [1.29, 1.82) is 0 Å². The molecule has 1 saturated heterocycles. The largest absolute Gasteiger partial charge is 0.481 e. The third-order valence-electron chi connectivity index (χ3n) is 11.0. The van der Waals surface area contributed by atoms with Gasteiger partial charge in [-0.2, -0.15) is 0 Å². The molecule has 5 atom stereocenters. The molecule has 1 aliphatic heterocycles. The van der Waals surface area contributed by atoms with E-state index in [0.29, 0.717) is 25.5 Å². The van der Waals surface area contributed by atoms with E-state index in [9.17, 15) is 28.6 Å². The van der Waals surface area contributed by atoms with E-state index in [4.69, 9.17) is 10.3 Å². The zero-order chi connectivity index (χ0) is 37.9. The maximum atomic E-state index is 14.0. The van der Waals surface area contributed by atoms with E-state index in [-0.39, 0.29) is 35.5 Å². The molecule has 8 rings (SSSR count). The average molecular weight is 736 g/mol. The van der Waals surface area contributed by atoms with Crippen LogP contribution in [0.15, 0.2) is 89.6 Å². The lowest BCUT2D eigenvalue weighted by Crippen LogP contribution is -2.58. The Balaban J connectivity index is 0.000000178. The van der Waals surface area contributed by atoms with Gasteiger partial charge in [0.05, 0.1) is 17.6 Å². The van der Waals surface area contributed by atoms with Crippen LogP contribution < -0.4 is 11.1 Å². The van der Waals surface area contributed by atoms with Gasteiger partial charge in [0.1, 0.15) is 11.6 Å². The molecular formula is C42H43F2N5O5. The van der Waals surface area contributed by atoms with Gasteiger partial charge >= 0.3 is 5.97 Å². The summed E-state index contributed by atoms with van der Waals surface area (Å²) in [5.41, 5.74) is 14.7. The molecule has 10 nitrogen and oxygen atoms in total. The van der Waals surface area contributed by atoms with Crippen LogP contribution in [0.2, 0.25) is 0 Å². The second kappa shape index (κ2) is 15.9. The van der Waals surface area contributed by atoms with E-state index >= 15 is 0 Å². The third kappa shape index (κ3) is 7.62. The second-order valence-corrected chi connectivity index (χ2v) is 14.3. The topological polar surface area (TPSA) is 155 Å². The van der Waals surface area contributed by atoms with Gasteiger partial charge < -0.3 is 25.8 Å². The number of likely N-dealkylation sites (tertiary alicyclic amines) is 1. The number of benzene rings is 3. The highest BCUT2D eigenvalue weighted by Crippen LogP contribution is 2.42. The van der Waals surface area contributed by atoms with Crippen molar-refractivity contribution < 1.29 is 33.1 Å². The minimum Gasteiger partial charge on any atom is -0.481 e. The summed E-state index contributed by atoms with van der Waals surface area (Å²) in [5.74, 6) is -3.93. The van der Waals surface area contributed by atoms with E-state index in [1.165, 1.54) is 39.9 Å². The normalized spacial score (nSPS) is 21.3. The van der Waals surface area contributed by atoms with Crippen LogP contribution >= 0.6 is 0 Å². The highest BCUT2D eigenvalue weighted by atomic mass is 19.1. The van der Waals surface area contributed by atoms with Crippen molar-refractivity contribution in [1.82, 2.24) is 20.4 Å². The molecule has 5 N–H and O–H groups in total. The SMILES string of the molecule is C[C@H](c1ccccn1)c1ccc2c(c1N)Cc1ccccc1-2.O=C(N[C@H]1CCN([C@@H]2CCCC[C@@H]2O)C[C@@H]1C(=O)O)c1cc(-c2ccc(F)cc2F)on1. The second-order valence-electron chi connectivity index (χ2n) is 14.3. The fourth-order valence-corrected chi connectivity index (χ4v) is 8.08. The van der Waals surface area contributed by atoms with Crippen LogP contribution in [0.25, 0.3) is 22.5 Å². The number of nitrogen functional groups attached to an aromatic ring is 1. The Kier molecular flexibility index (Phi) is 10.8. The first kappa shape index (κ1) is 36.9. The fourth-order valence-electron chi connectivity index (χ4n) is 8.08. The van der Waals surface area contributed by atoms with Gasteiger partial charge in [-0.05, 0) is 71.3 Å². The minimum absolute atomic E-state index is 0.0384. The molecule has 12 heteroatoms. The molecule has 3 aromatic carbocycles. The molecule has 54 heavy (non-hydrogen) atoms. The van der Waals surface area contributed by atoms with E-state index in [1.807, 2.05) is 23.2 Å². The number of carboxylic acids is 1. The van der Waals surface area contributed by atoms with Gasteiger partial charge in [-0.1, -0.05) is 67.4 Å². The molecule has 2 aliphatic carbocycles. The number of aliphatic hydroxyl groups excluding tert-OH is 1. The number of nitrogens with two attached hydrogens (primary N) is 1. The molecule has 2 aromatic heterocycles. The van der Waals surface area contributed by atoms with Crippen molar-refractivity contribution in [3.8, 4) is 22.5 Å². The third-order valence-corrected chi connectivity index (χ3v) is 11.0. The minimum atomic E-state index is -1.03. The summed E-state index contributed by atoms with van der Waals surface area (Å²) >= 11 is 0. The van der Waals surface area contributed by atoms with Crippen molar-refractivity contribution in [2.24, 2.45) is 5.92 Å². The van der Waals surface area contributed by atoms with Crippen molar-refractivity contribution in [3.05, 3.63) is 125 Å². The summed E-state index contributed by atoms with van der Waals surface area (Å²) in [5, 5.41) is 26.4. The summed E-state index contributed by atoms with van der Waals surface area (Å²) in [4.78, 5) is 31.1. The first-order chi connectivity index (χ1) is 26.1. The van der Waals surface area contributed by atoms with Crippen LogP contribution in [0.1, 0.15) is 77.8 Å². The Bertz CT molecular complexity index is 2140. The number of fused-ring (bicyclic) bond motifs is 3. The van der Waals surface area contributed by atoms with Gasteiger partial charge in [-0.25, -0.2) is 8.78 Å². The number of nitrogens with one attached hydrogen (secondary N) is 1. The number of carbonyl (C=O) groups is 2. The van der Waals surface area contributed by atoms with E-state index in [0.717, 1.165) is 43.1 Å². The molecule has 280 valence electrons. The van der Waals surface area contributed by atoms with Crippen molar-refractivity contribution in [2.75, 3.05) is 18.8 Å². The Hall–Kier alpha value is -5.46. The molecular weight excluding hydrogens is 692 g/mol. The van der Waals surface area contributed by atoms with E-state index < -0.39 is 41.6 Å². The Morgan fingerprint density at radius 1 is 0.963 bits per heavy atom. The van der Waals surface area contributed by atoms with Gasteiger partial charge in [0.25, 0.3) is 5.91 Å². The van der Waals surface area contributed by atoms with Gasteiger partial charge in [-0.15, -0.1) is 0 Å². The summed E-state index contributed by atoms with van der Waals surface area (Å²) in [6.45, 7) is 2.96. The lowest BCUT2D eigenvalue weighted by Gasteiger charge is -2.43. The number of nitrogens with zero attached hydrogens (tertiary/aromatic N) is 3. The van der Waals surface area contributed by atoms with Gasteiger partial charge in [0, 0.05) is 67.2 Å². The summed E-state index contributed by atoms with van der Waals surface area (Å²) < 4.78 is 32.1. The number of hydrogen-bond acceptors (Lipinski definition) is 8. The number of carbonyl (C=O) groups excluding carboxylic acids is 1. The fraction of sp³-hybridized carbons (Fsp3) is 0.333. The molecule has 1 amide bonds. The summed E-state index contributed by atoms with van der Waals surface area (Å²) in [6, 6.07) is 22.5. The maximum absolute atomic E-state index is 14.0. The number of aliphatic carboxylic acids is 1. The summed E-state index contributed by atoms with van der Waals surface area (Å²) in [7, 11) is 0. The molecule has 1 saturated carbocycles. The maximum Gasteiger partial charge on any atom is 0.309 e. The number of pyridine rings is 1.